The van der Waals surface area contributed by atoms with Gasteiger partial charge in [0.25, 0.3) is 0 Å². The average Bonchev–Trinajstić information content (AvgIpc) is 2.90. The van der Waals surface area contributed by atoms with Crippen LogP contribution in [0.5, 0.6) is 0 Å². The normalized spacial score (nSPS) is 32.2. The van der Waals surface area contributed by atoms with Crippen LogP contribution in [0.15, 0.2) is 24.3 Å². The van der Waals surface area contributed by atoms with Crippen LogP contribution in [0, 0.1) is 11.8 Å². The molecule has 2 bridgehead atoms. The molecule has 0 aliphatic heterocycles. The molecule has 2 fully saturated rings. The summed E-state index contributed by atoms with van der Waals surface area (Å²) in [7, 11) is 0. The molecule has 0 amide bonds. The summed E-state index contributed by atoms with van der Waals surface area (Å²) in [5.41, 5.74) is 1.34. The Kier molecular flexibility index (Phi) is 2.91. The molecule has 16 heavy (non-hydrogen) atoms. The minimum atomic E-state index is 0.773. The lowest BCUT2D eigenvalue weighted by Crippen LogP contribution is -2.33. The Labute approximate surface area is 102 Å². The first kappa shape index (κ1) is 10.6. The highest BCUT2D eigenvalue weighted by Crippen LogP contribution is 2.44. The van der Waals surface area contributed by atoms with Gasteiger partial charge in [-0.3, -0.25) is 0 Å². The van der Waals surface area contributed by atoms with Crippen LogP contribution in [0.25, 0.3) is 0 Å². The van der Waals surface area contributed by atoms with Crippen molar-refractivity contribution in [2.24, 2.45) is 11.8 Å². The van der Waals surface area contributed by atoms with Crippen LogP contribution in [0.1, 0.15) is 31.2 Å². The molecule has 1 aromatic rings. The molecule has 1 N–H and O–H groups in total. The van der Waals surface area contributed by atoms with E-state index < -0.39 is 0 Å². The molecular formula is C14H18ClN. The van der Waals surface area contributed by atoms with E-state index in [2.05, 4.69) is 17.4 Å². The molecule has 2 heteroatoms. The number of hydrogen-bond donors (Lipinski definition) is 1. The summed E-state index contributed by atoms with van der Waals surface area (Å²) in [6, 6.07) is 8.94. The van der Waals surface area contributed by atoms with E-state index in [0.29, 0.717) is 0 Å². The van der Waals surface area contributed by atoms with Gasteiger partial charge in [-0.05, 0) is 48.8 Å². The van der Waals surface area contributed by atoms with Gasteiger partial charge in [-0.25, -0.2) is 0 Å². The summed E-state index contributed by atoms with van der Waals surface area (Å²) in [5, 5.41) is 4.53. The number of nitrogens with one attached hydrogen (secondary N) is 1. The number of benzene rings is 1. The van der Waals surface area contributed by atoms with Crippen LogP contribution in [0.4, 0.5) is 0 Å². The van der Waals surface area contributed by atoms with Gasteiger partial charge in [0.2, 0.25) is 0 Å². The summed E-state index contributed by atoms with van der Waals surface area (Å²) in [6.45, 7) is 0.991. The van der Waals surface area contributed by atoms with Crippen molar-refractivity contribution in [3.8, 4) is 0 Å². The van der Waals surface area contributed by atoms with Gasteiger partial charge >= 0.3 is 0 Å². The molecular weight excluding hydrogens is 218 g/mol. The van der Waals surface area contributed by atoms with Crippen LogP contribution in [0.3, 0.4) is 0 Å². The summed E-state index contributed by atoms with van der Waals surface area (Å²) < 4.78 is 0. The summed E-state index contributed by atoms with van der Waals surface area (Å²) >= 11 is 5.87. The number of fused-ring (bicyclic) bond motifs is 2. The molecule has 0 heterocycles. The van der Waals surface area contributed by atoms with E-state index >= 15 is 0 Å². The highest BCUT2D eigenvalue weighted by atomic mass is 35.5. The standard InChI is InChI=1S/C14H18ClN/c15-13-5-2-10(3-6-13)9-16-14-8-11-1-4-12(14)7-11/h2-3,5-6,11-12,14,16H,1,4,7-9H2. The fourth-order valence-electron chi connectivity index (χ4n) is 3.35. The Morgan fingerprint density at radius 1 is 1.12 bits per heavy atom. The third-order valence-corrected chi connectivity index (χ3v) is 4.47. The highest BCUT2D eigenvalue weighted by Gasteiger charge is 2.38. The van der Waals surface area contributed by atoms with Crippen LogP contribution >= 0.6 is 11.6 Å². The van der Waals surface area contributed by atoms with Crippen molar-refractivity contribution in [2.45, 2.75) is 38.3 Å². The lowest BCUT2D eigenvalue weighted by atomic mass is 9.95. The zero-order valence-electron chi connectivity index (χ0n) is 9.45. The Bertz CT molecular complexity index is 360. The van der Waals surface area contributed by atoms with E-state index in [0.717, 1.165) is 29.4 Å². The molecule has 2 saturated carbocycles. The van der Waals surface area contributed by atoms with E-state index in [-0.39, 0.29) is 0 Å². The quantitative estimate of drug-likeness (QED) is 0.844. The molecule has 3 unspecified atom stereocenters. The average molecular weight is 236 g/mol. The minimum absolute atomic E-state index is 0.773. The molecule has 2 aliphatic carbocycles. The van der Waals surface area contributed by atoms with Crippen LogP contribution in [-0.2, 0) is 6.54 Å². The molecule has 3 atom stereocenters. The maximum absolute atomic E-state index is 5.87. The van der Waals surface area contributed by atoms with Gasteiger partial charge in [0.1, 0.15) is 0 Å². The summed E-state index contributed by atoms with van der Waals surface area (Å²) in [6.07, 6.45) is 5.79. The van der Waals surface area contributed by atoms with Gasteiger partial charge in [-0.15, -0.1) is 0 Å². The van der Waals surface area contributed by atoms with E-state index in [1.165, 1.54) is 31.2 Å². The maximum Gasteiger partial charge on any atom is 0.0406 e. The Morgan fingerprint density at radius 3 is 2.56 bits per heavy atom. The Morgan fingerprint density at radius 2 is 1.94 bits per heavy atom. The smallest absolute Gasteiger partial charge is 0.0406 e. The highest BCUT2D eigenvalue weighted by molar-refractivity contribution is 6.30. The first-order valence-corrected chi connectivity index (χ1v) is 6.67. The zero-order valence-corrected chi connectivity index (χ0v) is 10.2. The maximum atomic E-state index is 5.87. The Hall–Kier alpha value is -0.530. The van der Waals surface area contributed by atoms with E-state index in [9.17, 15) is 0 Å². The van der Waals surface area contributed by atoms with Crippen molar-refractivity contribution in [1.82, 2.24) is 5.32 Å². The SMILES string of the molecule is Clc1ccc(CNC2CC3CCC2C3)cc1. The Balaban J connectivity index is 1.55. The van der Waals surface area contributed by atoms with Gasteiger partial charge < -0.3 is 5.32 Å². The second-order valence-electron chi connectivity index (χ2n) is 5.29. The first-order chi connectivity index (χ1) is 7.81. The second kappa shape index (κ2) is 4.38. The monoisotopic (exact) mass is 235 g/mol. The van der Waals surface area contributed by atoms with Gasteiger partial charge in [-0.1, -0.05) is 30.2 Å². The molecule has 1 nitrogen and oxygen atoms in total. The molecule has 0 spiro atoms. The predicted molar refractivity (Wildman–Crippen MR) is 67.5 cm³/mol. The number of hydrogen-bond acceptors (Lipinski definition) is 1. The number of halogens is 1. The molecule has 86 valence electrons. The molecule has 2 aliphatic rings. The predicted octanol–water partition coefficient (Wildman–Crippen LogP) is 3.62. The molecule has 1 aromatic carbocycles. The van der Waals surface area contributed by atoms with Gasteiger partial charge in [0, 0.05) is 17.6 Å². The fourth-order valence-corrected chi connectivity index (χ4v) is 3.47. The fraction of sp³-hybridized carbons (Fsp3) is 0.571. The van der Waals surface area contributed by atoms with Crippen LogP contribution < -0.4 is 5.32 Å². The lowest BCUT2D eigenvalue weighted by molar-refractivity contribution is 0.351. The molecule has 0 saturated heterocycles. The van der Waals surface area contributed by atoms with E-state index in [4.69, 9.17) is 11.6 Å². The topological polar surface area (TPSA) is 12.0 Å². The van der Waals surface area contributed by atoms with Crippen LogP contribution in [-0.4, -0.2) is 6.04 Å². The van der Waals surface area contributed by atoms with Crippen molar-refractivity contribution >= 4 is 11.6 Å². The lowest BCUT2D eigenvalue weighted by Gasteiger charge is -2.23. The van der Waals surface area contributed by atoms with Gasteiger partial charge in [0.15, 0.2) is 0 Å². The van der Waals surface area contributed by atoms with Gasteiger partial charge in [-0.2, -0.15) is 0 Å². The summed E-state index contributed by atoms with van der Waals surface area (Å²) in [4.78, 5) is 0. The third kappa shape index (κ3) is 2.11. The minimum Gasteiger partial charge on any atom is -0.310 e. The van der Waals surface area contributed by atoms with Gasteiger partial charge in [0.05, 0.1) is 0 Å². The summed E-state index contributed by atoms with van der Waals surface area (Å²) in [5.74, 6) is 1.98. The van der Waals surface area contributed by atoms with Crippen LogP contribution in [0.2, 0.25) is 5.02 Å². The second-order valence-corrected chi connectivity index (χ2v) is 5.73. The largest absolute Gasteiger partial charge is 0.310 e. The molecule has 3 rings (SSSR count). The van der Waals surface area contributed by atoms with E-state index in [1.54, 1.807) is 0 Å². The molecule has 0 aromatic heterocycles. The van der Waals surface area contributed by atoms with E-state index in [1.807, 2.05) is 12.1 Å². The number of rotatable bonds is 3. The van der Waals surface area contributed by atoms with Crippen molar-refractivity contribution in [3.05, 3.63) is 34.9 Å². The third-order valence-electron chi connectivity index (χ3n) is 4.22. The van der Waals surface area contributed by atoms with Crippen molar-refractivity contribution in [2.75, 3.05) is 0 Å². The first-order valence-electron chi connectivity index (χ1n) is 6.29. The van der Waals surface area contributed by atoms with Crippen molar-refractivity contribution in [3.63, 3.8) is 0 Å². The van der Waals surface area contributed by atoms with Crippen molar-refractivity contribution < 1.29 is 0 Å². The zero-order chi connectivity index (χ0) is 11.0. The molecule has 0 radical (unpaired) electrons. The van der Waals surface area contributed by atoms with Crippen molar-refractivity contribution in [1.29, 1.82) is 0 Å².